The van der Waals surface area contributed by atoms with Gasteiger partial charge in [0.15, 0.2) is 0 Å². The Kier molecular flexibility index (Phi) is 3.75. The van der Waals surface area contributed by atoms with Crippen LogP contribution in [0.25, 0.3) is 0 Å². The molecular weight excluding hydrogens is 186 g/mol. The van der Waals surface area contributed by atoms with Gasteiger partial charge in [0.05, 0.1) is 6.10 Å². The summed E-state index contributed by atoms with van der Waals surface area (Å²) in [6.45, 7) is 8.99. The third-order valence-electron chi connectivity index (χ3n) is 2.52. The van der Waals surface area contributed by atoms with E-state index < -0.39 is 0 Å². The Hall–Kier alpha value is -1.02. The third kappa shape index (κ3) is 3.24. The number of hydrogen-bond acceptors (Lipinski definition) is 2. The second-order valence-corrected chi connectivity index (χ2v) is 4.78. The fourth-order valence-corrected chi connectivity index (χ4v) is 1.37. The Morgan fingerprint density at radius 2 is 1.73 bits per heavy atom. The number of benzene rings is 1. The molecule has 0 aromatic heterocycles. The Labute approximate surface area is 92.4 Å². The summed E-state index contributed by atoms with van der Waals surface area (Å²) in [7, 11) is 0. The zero-order valence-electron chi connectivity index (χ0n) is 10.1. The Morgan fingerprint density at radius 3 is 2.13 bits per heavy atom. The summed E-state index contributed by atoms with van der Waals surface area (Å²) in [6, 6.07) is 8.19. The molecule has 0 atom stereocenters. The van der Waals surface area contributed by atoms with Gasteiger partial charge in [0, 0.05) is 12.0 Å². The van der Waals surface area contributed by atoms with Crippen molar-refractivity contribution in [3.8, 4) is 5.75 Å². The Bertz CT molecular complexity index is 301. The maximum atomic E-state index is 5.73. The summed E-state index contributed by atoms with van der Waals surface area (Å²) in [5.41, 5.74) is 7.01. The summed E-state index contributed by atoms with van der Waals surface area (Å²) in [6.07, 6.45) is 0.221. The second-order valence-electron chi connectivity index (χ2n) is 4.78. The third-order valence-corrected chi connectivity index (χ3v) is 2.52. The van der Waals surface area contributed by atoms with Gasteiger partial charge in [-0.25, -0.2) is 0 Å². The molecule has 0 fully saturated rings. The lowest BCUT2D eigenvalue weighted by Gasteiger charge is -2.23. The van der Waals surface area contributed by atoms with Crippen molar-refractivity contribution in [1.29, 1.82) is 0 Å². The van der Waals surface area contributed by atoms with Crippen LogP contribution in [0.5, 0.6) is 5.75 Å². The predicted molar refractivity (Wildman–Crippen MR) is 64.3 cm³/mol. The summed E-state index contributed by atoms with van der Waals surface area (Å²) in [5.74, 6) is 0.918. The summed E-state index contributed by atoms with van der Waals surface area (Å²) < 4.78 is 5.58. The minimum absolute atomic E-state index is 0.0381. The quantitative estimate of drug-likeness (QED) is 0.824. The van der Waals surface area contributed by atoms with Crippen molar-refractivity contribution in [2.45, 2.75) is 39.2 Å². The molecule has 2 N–H and O–H groups in total. The van der Waals surface area contributed by atoms with Crippen LogP contribution in [0, 0.1) is 0 Å². The van der Waals surface area contributed by atoms with Crippen LogP contribution in [0.2, 0.25) is 0 Å². The molecule has 0 spiro atoms. The van der Waals surface area contributed by atoms with Crippen LogP contribution >= 0.6 is 0 Å². The molecule has 2 nitrogen and oxygen atoms in total. The van der Waals surface area contributed by atoms with Gasteiger partial charge in [-0.3, -0.25) is 0 Å². The molecule has 1 rings (SSSR count). The second kappa shape index (κ2) is 4.67. The van der Waals surface area contributed by atoms with Gasteiger partial charge in [-0.2, -0.15) is 0 Å². The van der Waals surface area contributed by atoms with Gasteiger partial charge < -0.3 is 10.5 Å². The highest BCUT2D eigenvalue weighted by molar-refractivity contribution is 5.31. The molecule has 0 saturated carbocycles. The van der Waals surface area contributed by atoms with Crippen molar-refractivity contribution < 1.29 is 4.74 Å². The van der Waals surface area contributed by atoms with Gasteiger partial charge in [0.25, 0.3) is 0 Å². The van der Waals surface area contributed by atoms with E-state index in [2.05, 4.69) is 26.0 Å². The fraction of sp³-hybridized carbons (Fsp3) is 0.538. The smallest absolute Gasteiger partial charge is 0.119 e. The zero-order valence-corrected chi connectivity index (χ0v) is 10.1. The molecule has 84 valence electrons. The van der Waals surface area contributed by atoms with Gasteiger partial charge in [0.2, 0.25) is 0 Å². The summed E-state index contributed by atoms with van der Waals surface area (Å²) in [4.78, 5) is 0. The van der Waals surface area contributed by atoms with E-state index in [9.17, 15) is 0 Å². The highest BCUT2D eigenvalue weighted by Crippen LogP contribution is 2.24. The van der Waals surface area contributed by atoms with E-state index in [-0.39, 0.29) is 11.5 Å². The van der Waals surface area contributed by atoms with Crippen LogP contribution < -0.4 is 10.5 Å². The first-order valence-corrected chi connectivity index (χ1v) is 5.43. The first kappa shape index (κ1) is 12.1. The molecular formula is C13H21NO. The van der Waals surface area contributed by atoms with Gasteiger partial charge >= 0.3 is 0 Å². The van der Waals surface area contributed by atoms with Crippen molar-refractivity contribution in [1.82, 2.24) is 0 Å². The van der Waals surface area contributed by atoms with Crippen LogP contribution in [0.15, 0.2) is 24.3 Å². The Balaban J connectivity index is 2.81. The van der Waals surface area contributed by atoms with Gasteiger partial charge in [-0.1, -0.05) is 26.0 Å². The van der Waals surface area contributed by atoms with E-state index in [0.29, 0.717) is 6.54 Å². The van der Waals surface area contributed by atoms with E-state index in [1.807, 2.05) is 26.0 Å². The van der Waals surface area contributed by atoms with Gasteiger partial charge in [-0.05, 0) is 31.5 Å². The van der Waals surface area contributed by atoms with Gasteiger partial charge in [0.1, 0.15) is 5.75 Å². The lowest BCUT2D eigenvalue weighted by Crippen LogP contribution is -2.27. The van der Waals surface area contributed by atoms with Crippen LogP contribution in [-0.2, 0) is 5.41 Å². The van der Waals surface area contributed by atoms with E-state index in [1.54, 1.807) is 0 Å². The lowest BCUT2D eigenvalue weighted by atomic mass is 9.85. The van der Waals surface area contributed by atoms with Crippen molar-refractivity contribution in [2.24, 2.45) is 5.73 Å². The molecule has 0 unspecified atom stereocenters. The first-order valence-electron chi connectivity index (χ1n) is 5.43. The molecule has 1 aromatic carbocycles. The molecule has 0 bridgehead atoms. The SMILES string of the molecule is CC(C)Oc1ccc(C(C)(C)CN)cc1. The maximum absolute atomic E-state index is 5.73. The zero-order chi connectivity index (χ0) is 11.5. The first-order chi connectivity index (χ1) is 6.95. The molecule has 1 aromatic rings. The van der Waals surface area contributed by atoms with E-state index in [1.165, 1.54) is 5.56 Å². The van der Waals surface area contributed by atoms with Crippen molar-refractivity contribution >= 4 is 0 Å². The van der Waals surface area contributed by atoms with Crippen LogP contribution in [0.1, 0.15) is 33.3 Å². The summed E-state index contributed by atoms with van der Waals surface area (Å²) >= 11 is 0. The lowest BCUT2D eigenvalue weighted by molar-refractivity contribution is 0.242. The minimum Gasteiger partial charge on any atom is -0.491 e. The van der Waals surface area contributed by atoms with Crippen LogP contribution in [0.3, 0.4) is 0 Å². The minimum atomic E-state index is 0.0381. The maximum Gasteiger partial charge on any atom is 0.119 e. The molecule has 0 aliphatic rings. The standard InChI is InChI=1S/C13H21NO/c1-10(2)15-12-7-5-11(6-8-12)13(3,4)9-14/h5-8,10H,9,14H2,1-4H3. The molecule has 0 aliphatic carbocycles. The highest BCUT2D eigenvalue weighted by atomic mass is 16.5. The van der Waals surface area contributed by atoms with Crippen molar-refractivity contribution in [3.63, 3.8) is 0 Å². The highest BCUT2D eigenvalue weighted by Gasteiger charge is 2.17. The monoisotopic (exact) mass is 207 g/mol. The van der Waals surface area contributed by atoms with Crippen LogP contribution in [0.4, 0.5) is 0 Å². The van der Waals surface area contributed by atoms with E-state index in [4.69, 9.17) is 10.5 Å². The molecule has 15 heavy (non-hydrogen) atoms. The van der Waals surface area contributed by atoms with Gasteiger partial charge in [-0.15, -0.1) is 0 Å². The molecule has 0 aliphatic heterocycles. The average molecular weight is 207 g/mol. The fourth-order valence-electron chi connectivity index (χ4n) is 1.37. The van der Waals surface area contributed by atoms with E-state index in [0.717, 1.165) is 5.75 Å². The van der Waals surface area contributed by atoms with Crippen molar-refractivity contribution in [2.75, 3.05) is 6.54 Å². The molecule has 2 heteroatoms. The van der Waals surface area contributed by atoms with Crippen molar-refractivity contribution in [3.05, 3.63) is 29.8 Å². The summed E-state index contributed by atoms with van der Waals surface area (Å²) in [5, 5.41) is 0. The largest absolute Gasteiger partial charge is 0.491 e. The Morgan fingerprint density at radius 1 is 1.20 bits per heavy atom. The topological polar surface area (TPSA) is 35.2 Å². The van der Waals surface area contributed by atoms with Crippen LogP contribution in [-0.4, -0.2) is 12.6 Å². The number of hydrogen-bond donors (Lipinski definition) is 1. The number of rotatable bonds is 4. The molecule has 0 radical (unpaired) electrons. The normalized spacial score (nSPS) is 11.9. The predicted octanol–water partition coefficient (Wildman–Crippen LogP) is 2.71. The average Bonchev–Trinajstić information content (AvgIpc) is 2.18. The molecule has 0 amide bonds. The number of nitrogens with two attached hydrogens (primary N) is 1. The van der Waals surface area contributed by atoms with E-state index >= 15 is 0 Å². The number of ether oxygens (including phenoxy) is 1. The molecule has 0 saturated heterocycles. The molecule has 0 heterocycles.